The van der Waals surface area contributed by atoms with Crippen LogP contribution in [0.1, 0.15) is 31.2 Å². The van der Waals surface area contributed by atoms with Crippen molar-refractivity contribution in [2.75, 3.05) is 40.3 Å². The van der Waals surface area contributed by atoms with Crippen LogP contribution in [0.25, 0.3) is 0 Å². The molecule has 0 saturated carbocycles. The molecule has 1 aromatic carbocycles. The molecule has 22 heavy (non-hydrogen) atoms. The van der Waals surface area contributed by atoms with E-state index in [0.717, 1.165) is 25.6 Å². The third-order valence-corrected chi connectivity index (χ3v) is 4.25. The lowest BCUT2D eigenvalue weighted by molar-refractivity contribution is 0.288. The molecule has 0 atom stereocenters. The van der Waals surface area contributed by atoms with Crippen LogP contribution in [0.3, 0.4) is 0 Å². The summed E-state index contributed by atoms with van der Waals surface area (Å²) in [4.78, 5) is 9.15. The van der Waals surface area contributed by atoms with Gasteiger partial charge in [-0.05, 0) is 31.5 Å². The highest BCUT2D eigenvalue weighted by atomic mass is 15.3. The first-order chi connectivity index (χ1) is 10.8. The molecule has 0 amide bonds. The van der Waals surface area contributed by atoms with Crippen LogP contribution in [0.5, 0.6) is 0 Å². The Balaban J connectivity index is 1.74. The molecule has 2 rings (SSSR count). The summed E-state index contributed by atoms with van der Waals surface area (Å²) in [6, 6.07) is 10.5. The van der Waals surface area contributed by atoms with Crippen molar-refractivity contribution in [1.82, 2.24) is 15.1 Å². The maximum atomic E-state index is 4.40. The van der Waals surface area contributed by atoms with E-state index in [9.17, 15) is 0 Å². The lowest BCUT2D eigenvalue weighted by Gasteiger charge is -2.24. The highest BCUT2D eigenvalue weighted by Crippen LogP contribution is 2.08. The number of aliphatic imine (C=N–C) groups is 1. The third-order valence-electron chi connectivity index (χ3n) is 4.25. The summed E-state index contributed by atoms with van der Waals surface area (Å²) in [5.41, 5.74) is 1.31. The summed E-state index contributed by atoms with van der Waals surface area (Å²) in [5, 5.41) is 3.49. The van der Waals surface area contributed by atoms with Gasteiger partial charge in [-0.3, -0.25) is 4.99 Å². The number of nitrogens with one attached hydrogen (secondary N) is 1. The minimum atomic E-state index is 0.879. The quantitative estimate of drug-likeness (QED) is 0.670. The molecular formula is C18H30N4. The highest BCUT2D eigenvalue weighted by molar-refractivity contribution is 5.79. The summed E-state index contributed by atoms with van der Waals surface area (Å²) in [7, 11) is 3.95. The van der Waals surface area contributed by atoms with E-state index in [0.29, 0.717) is 0 Å². The van der Waals surface area contributed by atoms with Gasteiger partial charge in [-0.25, -0.2) is 0 Å². The van der Waals surface area contributed by atoms with Gasteiger partial charge in [0.1, 0.15) is 0 Å². The SMILES string of the molecule is CN=C(NCCN1CCCCCC1)N(C)Cc1ccccc1. The van der Waals surface area contributed by atoms with Gasteiger partial charge in [0, 0.05) is 33.7 Å². The predicted octanol–water partition coefficient (Wildman–Crippen LogP) is 2.57. The van der Waals surface area contributed by atoms with Crippen LogP contribution in [0.15, 0.2) is 35.3 Å². The van der Waals surface area contributed by atoms with E-state index in [1.807, 2.05) is 7.05 Å². The number of hydrogen-bond acceptors (Lipinski definition) is 2. The summed E-state index contributed by atoms with van der Waals surface area (Å²) in [6.07, 6.45) is 5.49. The fraction of sp³-hybridized carbons (Fsp3) is 0.611. The number of likely N-dealkylation sites (tertiary alicyclic amines) is 1. The van der Waals surface area contributed by atoms with E-state index in [-0.39, 0.29) is 0 Å². The van der Waals surface area contributed by atoms with Gasteiger partial charge >= 0.3 is 0 Å². The molecule has 1 aliphatic heterocycles. The van der Waals surface area contributed by atoms with Crippen molar-refractivity contribution in [3.63, 3.8) is 0 Å². The van der Waals surface area contributed by atoms with Gasteiger partial charge in [0.25, 0.3) is 0 Å². The number of hydrogen-bond donors (Lipinski definition) is 1. The molecule has 1 N–H and O–H groups in total. The van der Waals surface area contributed by atoms with Gasteiger partial charge in [-0.15, -0.1) is 0 Å². The molecule has 1 fully saturated rings. The number of guanidine groups is 1. The minimum Gasteiger partial charge on any atom is -0.355 e. The molecular weight excluding hydrogens is 272 g/mol. The van der Waals surface area contributed by atoms with Crippen LogP contribution in [-0.4, -0.2) is 56.0 Å². The zero-order chi connectivity index (χ0) is 15.6. The van der Waals surface area contributed by atoms with Gasteiger partial charge in [0.15, 0.2) is 5.96 Å². The van der Waals surface area contributed by atoms with Crippen LogP contribution < -0.4 is 5.32 Å². The van der Waals surface area contributed by atoms with Crippen molar-refractivity contribution >= 4 is 5.96 Å². The topological polar surface area (TPSA) is 30.9 Å². The Bertz CT molecular complexity index is 436. The molecule has 0 bridgehead atoms. The van der Waals surface area contributed by atoms with Gasteiger partial charge in [-0.2, -0.15) is 0 Å². The smallest absolute Gasteiger partial charge is 0.193 e. The molecule has 0 radical (unpaired) electrons. The number of rotatable bonds is 5. The fourth-order valence-corrected chi connectivity index (χ4v) is 3.00. The Morgan fingerprint density at radius 1 is 1.14 bits per heavy atom. The van der Waals surface area contributed by atoms with Crippen LogP contribution in [0, 0.1) is 0 Å². The third kappa shape index (κ3) is 5.68. The van der Waals surface area contributed by atoms with Crippen LogP contribution in [0.4, 0.5) is 0 Å². The van der Waals surface area contributed by atoms with Gasteiger partial charge in [0.05, 0.1) is 0 Å². The molecule has 0 unspecified atom stereocenters. The zero-order valence-electron chi connectivity index (χ0n) is 14.1. The first-order valence-electron chi connectivity index (χ1n) is 8.47. The molecule has 4 heteroatoms. The van der Waals surface area contributed by atoms with E-state index in [1.54, 1.807) is 0 Å². The number of benzene rings is 1. The van der Waals surface area contributed by atoms with E-state index < -0.39 is 0 Å². The van der Waals surface area contributed by atoms with Gasteiger partial charge in [0.2, 0.25) is 0 Å². The maximum Gasteiger partial charge on any atom is 0.193 e. The largest absolute Gasteiger partial charge is 0.355 e. The van der Waals surface area contributed by atoms with Crippen molar-refractivity contribution in [1.29, 1.82) is 0 Å². The Labute approximate surface area is 135 Å². The van der Waals surface area contributed by atoms with Crippen LogP contribution in [0.2, 0.25) is 0 Å². The Hall–Kier alpha value is -1.55. The molecule has 1 heterocycles. The first kappa shape index (κ1) is 16.8. The fourth-order valence-electron chi connectivity index (χ4n) is 3.00. The van der Waals surface area contributed by atoms with Crippen LogP contribution in [-0.2, 0) is 6.54 Å². The monoisotopic (exact) mass is 302 g/mol. The van der Waals surface area contributed by atoms with Crippen molar-refractivity contribution in [2.45, 2.75) is 32.2 Å². The Kier molecular flexibility index (Phi) is 7.23. The summed E-state index contributed by atoms with van der Waals surface area (Å²) >= 11 is 0. The van der Waals surface area contributed by atoms with Crippen molar-refractivity contribution < 1.29 is 0 Å². The molecule has 1 aliphatic rings. The normalized spacial score (nSPS) is 17.1. The average Bonchev–Trinajstić information content (AvgIpc) is 2.81. The second kappa shape index (κ2) is 9.46. The van der Waals surface area contributed by atoms with Crippen molar-refractivity contribution in [3.05, 3.63) is 35.9 Å². The Morgan fingerprint density at radius 3 is 2.45 bits per heavy atom. The summed E-state index contributed by atoms with van der Waals surface area (Å²) < 4.78 is 0. The zero-order valence-corrected chi connectivity index (χ0v) is 14.1. The molecule has 122 valence electrons. The molecule has 4 nitrogen and oxygen atoms in total. The molecule has 0 spiro atoms. The van der Waals surface area contributed by atoms with Crippen LogP contribution >= 0.6 is 0 Å². The Morgan fingerprint density at radius 2 is 1.82 bits per heavy atom. The lowest BCUT2D eigenvalue weighted by Crippen LogP contribution is -2.42. The summed E-state index contributed by atoms with van der Waals surface area (Å²) in [5.74, 6) is 0.971. The minimum absolute atomic E-state index is 0.879. The van der Waals surface area contributed by atoms with Gasteiger partial charge in [-0.1, -0.05) is 43.2 Å². The number of nitrogens with zero attached hydrogens (tertiary/aromatic N) is 3. The molecule has 1 saturated heterocycles. The second-order valence-electron chi connectivity index (χ2n) is 6.07. The van der Waals surface area contributed by atoms with E-state index >= 15 is 0 Å². The highest BCUT2D eigenvalue weighted by Gasteiger charge is 2.10. The van der Waals surface area contributed by atoms with Crippen molar-refractivity contribution in [2.24, 2.45) is 4.99 Å². The van der Waals surface area contributed by atoms with E-state index in [1.165, 1.54) is 44.3 Å². The maximum absolute atomic E-state index is 4.40. The molecule has 0 aliphatic carbocycles. The van der Waals surface area contributed by atoms with Crippen molar-refractivity contribution in [3.8, 4) is 0 Å². The predicted molar refractivity (Wildman–Crippen MR) is 94.2 cm³/mol. The standard InChI is InChI=1S/C18H30N4/c1-19-18(21(2)16-17-10-6-5-7-11-17)20-12-15-22-13-8-3-4-9-14-22/h5-7,10-11H,3-4,8-9,12-16H2,1-2H3,(H,19,20). The lowest BCUT2D eigenvalue weighted by atomic mass is 10.2. The summed E-state index contributed by atoms with van der Waals surface area (Å²) in [6.45, 7) is 5.45. The molecule has 0 aromatic heterocycles. The van der Waals surface area contributed by atoms with Gasteiger partial charge < -0.3 is 15.1 Å². The average molecular weight is 302 g/mol. The molecule has 1 aromatic rings. The van der Waals surface area contributed by atoms with E-state index in [4.69, 9.17) is 0 Å². The van der Waals surface area contributed by atoms with E-state index in [2.05, 4.69) is 57.5 Å². The first-order valence-corrected chi connectivity index (χ1v) is 8.47. The second-order valence-corrected chi connectivity index (χ2v) is 6.07.